The molecule has 2 rings (SSSR count). The molecule has 0 fully saturated rings. The van der Waals surface area contributed by atoms with E-state index in [4.69, 9.17) is 6.42 Å². The number of hydrogen-bond acceptors (Lipinski definition) is 1. The van der Waals surface area contributed by atoms with Crippen LogP contribution in [0.5, 0.6) is 0 Å². The van der Waals surface area contributed by atoms with Gasteiger partial charge in [0.1, 0.15) is 5.92 Å². The van der Waals surface area contributed by atoms with Crippen molar-refractivity contribution in [2.24, 2.45) is 0 Å². The van der Waals surface area contributed by atoms with Crippen LogP contribution in [-0.4, -0.2) is 5.91 Å². The number of benzene rings is 1. The second kappa shape index (κ2) is 2.38. The Hall–Kier alpha value is -1.75. The SMILES string of the molecule is C#CC1C(=O)Nc2ccccc21. The number of nitrogens with one attached hydrogen (secondary N) is 1. The molecular formula is C10H7NO. The van der Waals surface area contributed by atoms with E-state index in [9.17, 15) is 4.79 Å². The standard InChI is InChI=1S/C10H7NO/c1-2-7-8-5-3-4-6-9(8)11-10(7)12/h1,3-7H,(H,11,12). The van der Waals surface area contributed by atoms with Gasteiger partial charge in [0, 0.05) is 11.3 Å². The summed E-state index contributed by atoms with van der Waals surface area (Å²) in [5, 5.41) is 2.72. The van der Waals surface area contributed by atoms with Gasteiger partial charge in [0.2, 0.25) is 5.91 Å². The highest BCUT2D eigenvalue weighted by atomic mass is 16.2. The summed E-state index contributed by atoms with van der Waals surface area (Å²) in [6.45, 7) is 0. The first-order valence-corrected chi connectivity index (χ1v) is 3.69. The van der Waals surface area contributed by atoms with E-state index in [0.717, 1.165) is 11.3 Å². The fourth-order valence-electron chi connectivity index (χ4n) is 1.37. The van der Waals surface area contributed by atoms with E-state index < -0.39 is 5.92 Å². The number of hydrogen-bond donors (Lipinski definition) is 1. The van der Waals surface area contributed by atoms with Crippen LogP contribution in [0.2, 0.25) is 0 Å². The van der Waals surface area contributed by atoms with E-state index in [2.05, 4.69) is 11.2 Å². The lowest BCUT2D eigenvalue weighted by atomic mass is 10.0. The number of anilines is 1. The average Bonchev–Trinajstić information content (AvgIpc) is 2.40. The Kier molecular flexibility index (Phi) is 1.38. The smallest absolute Gasteiger partial charge is 0.244 e. The van der Waals surface area contributed by atoms with Crippen LogP contribution in [0, 0.1) is 12.3 Å². The molecule has 0 saturated carbocycles. The highest BCUT2D eigenvalue weighted by molar-refractivity contribution is 6.04. The van der Waals surface area contributed by atoms with E-state index in [1.165, 1.54) is 0 Å². The van der Waals surface area contributed by atoms with Crippen LogP contribution in [0.3, 0.4) is 0 Å². The molecule has 2 nitrogen and oxygen atoms in total. The monoisotopic (exact) mass is 157 g/mol. The molecule has 1 aliphatic rings. The first-order chi connectivity index (χ1) is 5.83. The number of terminal acetylenes is 1. The third-order valence-electron chi connectivity index (χ3n) is 1.96. The molecule has 1 N–H and O–H groups in total. The minimum atomic E-state index is -0.402. The van der Waals surface area contributed by atoms with Gasteiger partial charge in [-0.05, 0) is 6.07 Å². The summed E-state index contributed by atoms with van der Waals surface area (Å²) in [5.41, 5.74) is 1.75. The zero-order valence-electron chi connectivity index (χ0n) is 6.37. The van der Waals surface area contributed by atoms with Gasteiger partial charge in [-0.2, -0.15) is 0 Å². The topological polar surface area (TPSA) is 29.1 Å². The number of carbonyl (C=O) groups excluding carboxylic acids is 1. The largest absolute Gasteiger partial charge is 0.324 e. The lowest BCUT2D eigenvalue weighted by Gasteiger charge is -1.97. The van der Waals surface area contributed by atoms with Gasteiger partial charge in [-0.25, -0.2) is 0 Å². The zero-order chi connectivity index (χ0) is 8.55. The molecule has 12 heavy (non-hydrogen) atoms. The molecule has 0 saturated heterocycles. The maximum Gasteiger partial charge on any atom is 0.244 e. The minimum Gasteiger partial charge on any atom is -0.324 e. The molecule has 1 aromatic carbocycles. The Morgan fingerprint density at radius 1 is 1.42 bits per heavy atom. The van der Waals surface area contributed by atoms with Crippen LogP contribution in [0.15, 0.2) is 24.3 Å². The number of fused-ring (bicyclic) bond motifs is 1. The minimum absolute atomic E-state index is 0.0984. The molecule has 0 aromatic heterocycles. The number of para-hydroxylation sites is 1. The molecule has 1 amide bonds. The van der Waals surface area contributed by atoms with Crippen molar-refractivity contribution < 1.29 is 4.79 Å². The molecule has 0 radical (unpaired) electrons. The summed E-state index contributed by atoms with van der Waals surface area (Å²) < 4.78 is 0. The molecule has 1 aromatic rings. The molecule has 0 aliphatic carbocycles. The molecule has 1 aliphatic heterocycles. The third kappa shape index (κ3) is 0.802. The van der Waals surface area contributed by atoms with Crippen LogP contribution < -0.4 is 5.32 Å². The maximum absolute atomic E-state index is 11.2. The summed E-state index contributed by atoms with van der Waals surface area (Å²) in [5.74, 6) is 1.96. The van der Waals surface area contributed by atoms with E-state index in [0.29, 0.717) is 0 Å². The summed E-state index contributed by atoms with van der Waals surface area (Å²) in [4.78, 5) is 11.2. The molecule has 0 spiro atoms. The Bertz CT molecular complexity index is 376. The van der Waals surface area contributed by atoms with E-state index in [1.807, 2.05) is 24.3 Å². The van der Waals surface area contributed by atoms with Crippen molar-refractivity contribution in [2.45, 2.75) is 5.92 Å². The van der Waals surface area contributed by atoms with Crippen molar-refractivity contribution in [2.75, 3.05) is 5.32 Å². The van der Waals surface area contributed by atoms with Crippen molar-refractivity contribution in [1.82, 2.24) is 0 Å². The van der Waals surface area contributed by atoms with Gasteiger partial charge < -0.3 is 5.32 Å². The van der Waals surface area contributed by atoms with E-state index >= 15 is 0 Å². The highest BCUT2D eigenvalue weighted by Crippen LogP contribution is 2.30. The molecule has 1 atom stereocenters. The summed E-state index contributed by atoms with van der Waals surface area (Å²) in [6.07, 6.45) is 5.23. The number of rotatable bonds is 0. The normalized spacial score (nSPS) is 19.6. The maximum atomic E-state index is 11.2. The first-order valence-electron chi connectivity index (χ1n) is 3.69. The van der Waals surface area contributed by atoms with E-state index in [-0.39, 0.29) is 5.91 Å². The second-order valence-electron chi connectivity index (χ2n) is 2.68. The van der Waals surface area contributed by atoms with Gasteiger partial charge >= 0.3 is 0 Å². The summed E-state index contributed by atoms with van der Waals surface area (Å²) >= 11 is 0. The van der Waals surface area contributed by atoms with Crippen LogP contribution in [0.25, 0.3) is 0 Å². The van der Waals surface area contributed by atoms with Gasteiger partial charge in [0.05, 0.1) is 0 Å². The predicted molar refractivity (Wildman–Crippen MR) is 46.6 cm³/mol. The predicted octanol–water partition coefficient (Wildman–Crippen LogP) is 1.36. The summed E-state index contributed by atoms with van der Waals surface area (Å²) in [7, 11) is 0. The zero-order valence-corrected chi connectivity index (χ0v) is 6.37. The molecule has 58 valence electrons. The quantitative estimate of drug-likeness (QED) is 0.566. The van der Waals surface area contributed by atoms with Crippen LogP contribution >= 0.6 is 0 Å². The molecule has 1 unspecified atom stereocenters. The first kappa shape index (κ1) is 6.93. The highest BCUT2D eigenvalue weighted by Gasteiger charge is 2.27. The molecular weight excluding hydrogens is 150 g/mol. The van der Waals surface area contributed by atoms with Gasteiger partial charge in [-0.3, -0.25) is 4.79 Å². The van der Waals surface area contributed by atoms with Crippen LogP contribution in [0.4, 0.5) is 5.69 Å². The second-order valence-corrected chi connectivity index (χ2v) is 2.68. The molecule has 0 bridgehead atoms. The number of amides is 1. The van der Waals surface area contributed by atoms with Crippen molar-refractivity contribution in [1.29, 1.82) is 0 Å². The molecule has 2 heteroatoms. The molecule has 1 heterocycles. The van der Waals surface area contributed by atoms with Gasteiger partial charge in [0.15, 0.2) is 0 Å². The Labute approximate surface area is 70.6 Å². The Balaban J connectivity index is 2.56. The van der Waals surface area contributed by atoms with Crippen LogP contribution in [-0.2, 0) is 4.79 Å². The van der Waals surface area contributed by atoms with Gasteiger partial charge in [0.25, 0.3) is 0 Å². The lowest BCUT2D eigenvalue weighted by molar-refractivity contribution is -0.115. The van der Waals surface area contributed by atoms with Crippen molar-refractivity contribution >= 4 is 11.6 Å². The number of carbonyl (C=O) groups is 1. The van der Waals surface area contributed by atoms with Crippen LogP contribution in [0.1, 0.15) is 11.5 Å². The van der Waals surface area contributed by atoms with Gasteiger partial charge in [-0.15, -0.1) is 6.42 Å². The summed E-state index contributed by atoms with van der Waals surface area (Å²) in [6, 6.07) is 7.48. The fourth-order valence-corrected chi connectivity index (χ4v) is 1.37. The lowest BCUT2D eigenvalue weighted by Crippen LogP contribution is -2.09. The van der Waals surface area contributed by atoms with E-state index in [1.54, 1.807) is 0 Å². The van der Waals surface area contributed by atoms with Crippen molar-refractivity contribution in [3.05, 3.63) is 29.8 Å². The fraction of sp³-hybridized carbons (Fsp3) is 0.100. The third-order valence-corrected chi connectivity index (χ3v) is 1.96. The Morgan fingerprint density at radius 3 is 2.92 bits per heavy atom. The van der Waals surface area contributed by atoms with Crippen molar-refractivity contribution in [3.8, 4) is 12.3 Å². The Morgan fingerprint density at radius 2 is 2.17 bits per heavy atom. The van der Waals surface area contributed by atoms with Crippen molar-refractivity contribution in [3.63, 3.8) is 0 Å². The van der Waals surface area contributed by atoms with Gasteiger partial charge in [-0.1, -0.05) is 24.1 Å². The average molecular weight is 157 g/mol.